The monoisotopic (exact) mass is 251 g/mol. The van der Waals surface area contributed by atoms with Gasteiger partial charge in [-0.2, -0.15) is 0 Å². The molecule has 0 saturated heterocycles. The van der Waals surface area contributed by atoms with Gasteiger partial charge in [-0.05, 0) is 19.8 Å². The van der Waals surface area contributed by atoms with E-state index < -0.39 is 0 Å². The Balaban J connectivity index is 0. The summed E-state index contributed by atoms with van der Waals surface area (Å²) >= 11 is 0. The molecule has 2 amide bonds. The molecule has 4 N–H and O–H groups in total. The second kappa shape index (κ2) is 10.7. The van der Waals surface area contributed by atoms with Crippen LogP contribution in [0.2, 0.25) is 0 Å². The van der Waals surface area contributed by atoms with Crippen LogP contribution in [0.5, 0.6) is 0 Å². The van der Waals surface area contributed by atoms with Crippen molar-refractivity contribution in [1.29, 1.82) is 0 Å². The first-order chi connectivity index (χ1) is 7.06. The van der Waals surface area contributed by atoms with Gasteiger partial charge in [0, 0.05) is 19.0 Å². The highest BCUT2D eigenvalue weighted by molar-refractivity contribution is 5.85. The van der Waals surface area contributed by atoms with Crippen LogP contribution in [0.15, 0.2) is 0 Å². The minimum absolute atomic E-state index is 0. The van der Waals surface area contributed by atoms with Crippen LogP contribution in [0.4, 0.5) is 0 Å². The molecule has 0 aliphatic carbocycles. The van der Waals surface area contributed by atoms with E-state index in [0.717, 1.165) is 6.42 Å². The zero-order chi connectivity index (χ0) is 11.7. The van der Waals surface area contributed by atoms with Crippen LogP contribution in [-0.2, 0) is 9.59 Å². The molecule has 0 aromatic rings. The SMILES string of the molecule is CCCNC(=O)CNC(=O)CCC(C)N.Cl. The molecule has 96 valence electrons. The van der Waals surface area contributed by atoms with Crippen LogP contribution in [0.3, 0.4) is 0 Å². The van der Waals surface area contributed by atoms with E-state index in [4.69, 9.17) is 5.73 Å². The first-order valence-corrected chi connectivity index (χ1v) is 5.35. The summed E-state index contributed by atoms with van der Waals surface area (Å²) in [6, 6.07) is 0.0182. The van der Waals surface area contributed by atoms with Crippen LogP contribution in [-0.4, -0.2) is 30.9 Å². The molecule has 6 heteroatoms. The normalized spacial score (nSPS) is 11.2. The molecular formula is C10H22ClN3O2. The first-order valence-electron chi connectivity index (χ1n) is 5.35. The summed E-state index contributed by atoms with van der Waals surface area (Å²) in [6.45, 7) is 4.52. The maximum absolute atomic E-state index is 11.2. The van der Waals surface area contributed by atoms with Crippen molar-refractivity contribution in [3.8, 4) is 0 Å². The molecule has 0 saturated carbocycles. The highest BCUT2D eigenvalue weighted by Crippen LogP contribution is 1.92. The first kappa shape index (κ1) is 17.6. The molecule has 0 bridgehead atoms. The van der Waals surface area contributed by atoms with Crippen LogP contribution in [0.25, 0.3) is 0 Å². The summed E-state index contributed by atoms with van der Waals surface area (Å²) in [7, 11) is 0. The van der Waals surface area contributed by atoms with Gasteiger partial charge in [0.05, 0.1) is 6.54 Å². The second-order valence-electron chi connectivity index (χ2n) is 3.64. The minimum Gasteiger partial charge on any atom is -0.355 e. The summed E-state index contributed by atoms with van der Waals surface area (Å²) in [5.74, 6) is -0.273. The molecule has 0 radical (unpaired) electrons. The number of halogens is 1. The molecule has 1 atom stereocenters. The Bertz CT molecular complexity index is 210. The molecule has 0 fully saturated rings. The predicted octanol–water partition coefficient (Wildman–Crippen LogP) is 0.178. The third kappa shape index (κ3) is 11.3. The van der Waals surface area contributed by atoms with E-state index in [-0.39, 0.29) is 36.8 Å². The maximum Gasteiger partial charge on any atom is 0.239 e. The highest BCUT2D eigenvalue weighted by Gasteiger charge is 2.05. The van der Waals surface area contributed by atoms with E-state index >= 15 is 0 Å². The number of amides is 2. The Kier molecular flexibility index (Phi) is 11.8. The number of hydrogen-bond donors (Lipinski definition) is 3. The number of hydrogen-bond acceptors (Lipinski definition) is 3. The number of carbonyl (C=O) groups is 2. The summed E-state index contributed by atoms with van der Waals surface area (Å²) in [6.07, 6.45) is 1.91. The second-order valence-corrected chi connectivity index (χ2v) is 3.64. The Hall–Kier alpha value is -0.810. The Morgan fingerprint density at radius 1 is 1.25 bits per heavy atom. The van der Waals surface area contributed by atoms with Crippen molar-refractivity contribution >= 4 is 24.2 Å². The standard InChI is InChI=1S/C10H21N3O2.ClH/c1-3-6-12-10(15)7-13-9(14)5-4-8(2)11;/h8H,3-7,11H2,1-2H3,(H,12,15)(H,13,14);1H. The quantitative estimate of drug-likeness (QED) is 0.604. The zero-order valence-electron chi connectivity index (χ0n) is 9.91. The van der Waals surface area contributed by atoms with Gasteiger partial charge in [-0.15, -0.1) is 12.4 Å². The lowest BCUT2D eigenvalue weighted by Gasteiger charge is -2.07. The van der Waals surface area contributed by atoms with Gasteiger partial charge < -0.3 is 16.4 Å². The maximum atomic E-state index is 11.2. The van der Waals surface area contributed by atoms with E-state index in [9.17, 15) is 9.59 Å². The molecule has 0 aromatic heterocycles. The Morgan fingerprint density at radius 2 is 1.88 bits per heavy atom. The van der Waals surface area contributed by atoms with Crippen molar-refractivity contribution in [2.75, 3.05) is 13.1 Å². The summed E-state index contributed by atoms with van der Waals surface area (Å²) in [5.41, 5.74) is 5.50. The molecule has 0 heterocycles. The Labute approximate surface area is 103 Å². The van der Waals surface area contributed by atoms with E-state index in [1.165, 1.54) is 0 Å². The third-order valence-corrected chi connectivity index (χ3v) is 1.85. The zero-order valence-corrected chi connectivity index (χ0v) is 10.7. The third-order valence-electron chi connectivity index (χ3n) is 1.85. The fourth-order valence-corrected chi connectivity index (χ4v) is 0.953. The summed E-state index contributed by atoms with van der Waals surface area (Å²) in [4.78, 5) is 22.3. The van der Waals surface area contributed by atoms with Gasteiger partial charge in [-0.25, -0.2) is 0 Å². The van der Waals surface area contributed by atoms with Crippen molar-refractivity contribution in [1.82, 2.24) is 10.6 Å². The van der Waals surface area contributed by atoms with Gasteiger partial charge in [0.25, 0.3) is 0 Å². The Morgan fingerprint density at radius 3 is 2.38 bits per heavy atom. The van der Waals surface area contributed by atoms with E-state index in [1.54, 1.807) is 0 Å². The van der Waals surface area contributed by atoms with Crippen molar-refractivity contribution in [2.45, 2.75) is 39.2 Å². The van der Waals surface area contributed by atoms with Crippen LogP contribution < -0.4 is 16.4 Å². The van der Waals surface area contributed by atoms with E-state index in [0.29, 0.717) is 19.4 Å². The number of nitrogens with one attached hydrogen (secondary N) is 2. The summed E-state index contributed by atoms with van der Waals surface area (Å²) in [5, 5.41) is 5.21. The predicted molar refractivity (Wildman–Crippen MR) is 66.4 cm³/mol. The molecule has 0 aromatic carbocycles. The average molecular weight is 252 g/mol. The van der Waals surface area contributed by atoms with Gasteiger partial charge >= 0.3 is 0 Å². The van der Waals surface area contributed by atoms with E-state index in [2.05, 4.69) is 10.6 Å². The molecule has 0 rings (SSSR count). The highest BCUT2D eigenvalue weighted by atomic mass is 35.5. The van der Waals surface area contributed by atoms with Crippen LogP contribution in [0.1, 0.15) is 33.1 Å². The van der Waals surface area contributed by atoms with Crippen LogP contribution in [0, 0.1) is 0 Å². The van der Waals surface area contributed by atoms with E-state index in [1.807, 2.05) is 13.8 Å². The lowest BCUT2D eigenvalue weighted by atomic mass is 10.2. The van der Waals surface area contributed by atoms with Crippen molar-refractivity contribution in [3.05, 3.63) is 0 Å². The lowest BCUT2D eigenvalue weighted by Crippen LogP contribution is -2.37. The van der Waals surface area contributed by atoms with Crippen molar-refractivity contribution in [2.24, 2.45) is 5.73 Å². The smallest absolute Gasteiger partial charge is 0.239 e. The fraction of sp³-hybridized carbons (Fsp3) is 0.800. The molecule has 0 spiro atoms. The largest absolute Gasteiger partial charge is 0.355 e. The molecule has 1 unspecified atom stereocenters. The minimum atomic E-state index is -0.147. The fourth-order valence-electron chi connectivity index (χ4n) is 0.953. The van der Waals surface area contributed by atoms with Gasteiger partial charge in [0.1, 0.15) is 0 Å². The van der Waals surface area contributed by atoms with Crippen LogP contribution >= 0.6 is 12.4 Å². The lowest BCUT2D eigenvalue weighted by molar-refractivity contribution is -0.126. The number of rotatable bonds is 7. The van der Waals surface area contributed by atoms with Gasteiger partial charge in [-0.3, -0.25) is 9.59 Å². The number of nitrogens with two attached hydrogens (primary N) is 1. The van der Waals surface area contributed by atoms with Crippen molar-refractivity contribution < 1.29 is 9.59 Å². The molecule has 0 aliphatic heterocycles. The topological polar surface area (TPSA) is 84.2 Å². The molecule has 16 heavy (non-hydrogen) atoms. The summed E-state index contributed by atoms with van der Waals surface area (Å²) < 4.78 is 0. The molecular weight excluding hydrogens is 230 g/mol. The van der Waals surface area contributed by atoms with Crippen molar-refractivity contribution in [3.63, 3.8) is 0 Å². The molecule has 0 aliphatic rings. The van der Waals surface area contributed by atoms with Gasteiger partial charge in [0.2, 0.25) is 11.8 Å². The van der Waals surface area contributed by atoms with Gasteiger partial charge in [0.15, 0.2) is 0 Å². The van der Waals surface area contributed by atoms with Gasteiger partial charge in [-0.1, -0.05) is 6.92 Å². The average Bonchev–Trinajstić information content (AvgIpc) is 2.20. The number of carbonyl (C=O) groups excluding carboxylic acids is 2. The molecule has 5 nitrogen and oxygen atoms in total.